The number of amides is 1. The second kappa shape index (κ2) is 2.67. The van der Waals surface area contributed by atoms with Crippen molar-refractivity contribution in [3.63, 3.8) is 0 Å². The summed E-state index contributed by atoms with van der Waals surface area (Å²) >= 11 is 0. The van der Waals surface area contributed by atoms with Crippen LogP contribution in [-0.2, 0) is 4.79 Å². The van der Waals surface area contributed by atoms with E-state index >= 15 is 0 Å². The molecule has 8 heavy (non-hydrogen) atoms. The fraction of sp³-hybridized carbons (Fsp3) is 0.800. The largest absolute Gasteiger partial charge is 0.357 e. The first kappa shape index (κ1) is 5.56. The molecule has 1 heterocycles. The maximum atomic E-state index is 9.71. The lowest BCUT2D eigenvalue weighted by atomic mass is 10.1. The highest BCUT2D eigenvalue weighted by molar-refractivity contribution is 5.45. The van der Waals surface area contributed by atoms with Crippen LogP contribution >= 0.6 is 0 Å². The van der Waals surface area contributed by atoms with E-state index in [1.165, 1.54) is 6.42 Å². The maximum absolute atomic E-state index is 9.71. The van der Waals surface area contributed by atoms with Crippen LogP contribution in [0.2, 0.25) is 0 Å². The first-order valence-electron chi connectivity index (χ1n) is 2.84. The molecule has 1 aliphatic rings. The van der Waals surface area contributed by atoms with E-state index < -0.39 is 0 Å². The predicted octanol–water partition coefficient (Wildman–Crippen LogP) is -0.906. The Hall–Kier alpha value is -0.570. The molecule has 3 heteroatoms. The summed E-state index contributed by atoms with van der Waals surface area (Å²) in [4.78, 5) is 9.71. The zero-order valence-electron chi connectivity index (χ0n) is 4.68. The van der Waals surface area contributed by atoms with E-state index in [-0.39, 0.29) is 0 Å². The first-order valence-corrected chi connectivity index (χ1v) is 2.84. The molecule has 0 saturated carbocycles. The minimum atomic E-state index is 0.542. The fourth-order valence-corrected chi connectivity index (χ4v) is 0.713. The monoisotopic (exact) mass is 114 g/mol. The van der Waals surface area contributed by atoms with Gasteiger partial charge in [0.25, 0.3) is 0 Å². The number of carbonyl (C=O) groups is 1. The average molecular weight is 114 g/mol. The lowest BCUT2D eigenvalue weighted by Gasteiger charge is -2.26. The summed E-state index contributed by atoms with van der Waals surface area (Å²) in [7, 11) is 0. The Morgan fingerprint density at radius 1 is 1.88 bits per heavy atom. The third-order valence-electron chi connectivity index (χ3n) is 1.37. The zero-order chi connectivity index (χ0) is 5.82. The lowest BCUT2D eigenvalue weighted by Crippen LogP contribution is -2.48. The Kier molecular flexibility index (Phi) is 1.86. The zero-order valence-corrected chi connectivity index (χ0v) is 4.68. The Labute approximate surface area is 48.5 Å². The maximum Gasteiger partial charge on any atom is 0.207 e. The normalized spacial score (nSPS) is 26.2. The molecule has 1 amide bonds. The molecule has 46 valence electrons. The summed E-state index contributed by atoms with van der Waals surface area (Å²) in [6, 6.07) is 0.542. The lowest BCUT2D eigenvalue weighted by molar-refractivity contribution is -0.109. The Balaban J connectivity index is 1.93. The van der Waals surface area contributed by atoms with Crippen molar-refractivity contribution in [3.05, 3.63) is 0 Å². The van der Waals surface area contributed by atoms with Crippen molar-refractivity contribution in [3.8, 4) is 0 Å². The van der Waals surface area contributed by atoms with E-state index in [0.29, 0.717) is 6.04 Å². The van der Waals surface area contributed by atoms with Gasteiger partial charge in [0.1, 0.15) is 0 Å². The topological polar surface area (TPSA) is 41.1 Å². The molecule has 2 N–H and O–H groups in total. The van der Waals surface area contributed by atoms with Crippen LogP contribution in [0.3, 0.4) is 0 Å². The van der Waals surface area contributed by atoms with Crippen molar-refractivity contribution >= 4 is 6.41 Å². The standard InChI is InChI=1S/C5H10N2O/c8-4-6-3-5-1-2-7-5/h4-5,7H,1-3H2,(H,6,8). The number of rotatable bonds is 3. The van der Waals surface area contributed by atoms with Crippen LogP contribution < -0.4 is 10.6 Å². The van der Waals surface area contributed by atoms with Crippen LogP contribution in [0, 0.1) is 0 Å². The molecule has 1 fully saturated rings. The molecule has 1 unspecified atom stereocenters. The van der Waals surface area contributed by atoms with Gasteiger partial charge < -0.3 is 10.6 Å². The summed E-state index contributed by atoms with van der Waals surface area (Å²) in [6.45, 7) is 1.88. The van der Waals surface area contributed by atoms with Gasteiger partial charge in [-0.05, 0) is 13.0 Å². The molecule has 0 aliphatic carbocycles. The van der Waals surface area contributed by atoms with Crippen LogP contribution in [-0.4, -0.2) is 25.5 Å². The van der Waals surface area contributed by atoms with Gasteiger partial charge in [0, 0.05) is 12.6 Å². The van der Waals surface area contributed by atoms with E-state index in [1.54, 1.807) is 0 Å². The van der Waals surface area contributed by atoms with E-state index in [4.69, 9.17) is 0 Å². The Bertz CT molecular complexity index is 80.5. The molecule has 1 aliphatic heterocycles. The second-order valence-electron chi connectivity index (χ2n) is 1.97. The molecule has 0 aromatic carbocycles. The number of nitrogens with one attached hydrogen (secondary N) is 2. The van der Waals surface area contributed by atoms with Gasteiger partial charge in [-0.2, -0.15) is 0 Å². The number of hydrogen-bond acceptors (Lipinski definition) is 2. The van der Waals surface area contributed by atoms with Crippen molar-refractivity contribution in [2.24, 2.45) is 0 Å². The molecular weight excluding hydrogens is 104 g/mol. The molecule has 0 spiro atoms. The molecule has 1 saturated heterocycles. The third-order valence-corrected chi connectivity index (χ3v) is 1.37. The predicted molar refractivity (Wildman–Crippen MR) is 30.5 cm³/mol. The summed E-state index contributed by atoms with van der Waals surface area (Å²) in [5.41, 5.74) is 0. The second-order valence-corrected chi connectivity index (χ2v) is 1.97. The van der Waals surface area contributed by atoms with E-state index in [0.717, 1.165) is 19.5 Å². The summed E-state index contributed by atoms with van der Waals surface area (Å²) in [5.74, 6) is 0. The van der Waals surface area contributed by atoms with Gasteiger partial charge in [0.2, 0.25) is 6.41 Å². The summed E-state index contributed by atoms with van der Waals surface area (Å²) in [6.07, 6.45) is 1.93. The van der Waals surface area contributed by atoms with Crippen LogP contribution in [0.4, 0.5) is 0 Å². The van der Waals surface area contributed by atoms with Gasteiger partial charge >= 0.3 is 0 Å². The number of carbonyl (C=O) groups excluding carboxylic acids is 1. The average Bonchev–Trinajstić information content (AvgIpc) is 1.63. The van der Waals surface area contributed by atoms with Crippen molar-refractivity contribution in [1.29, 1.82) is 0 Å². The van der Waals surface area contributed by atoms with Crippen molar-refractivity contribution in [2.45, 2.75) is 12.5 Å². The third kappa shape index (κ3) is 1.20. The minimum absolute atomic E-state index is 0.542. The molecule has 0 bridgehead atoms. The van der Waals surface area contributed by atoms with Crippen LogP contribution in [0.15, 0.2) is 0 Å². The Morgan fingerprint density at radius 2 is 2.62 bits per heavy atom. The van der Waals surface area contributed by atoms with Gasteiger partial charge in [-0.1, -0.05) is 0 Å². The number of hydrogen-bond donors (Lipinski definition) is 2. The van der Waals surface area contributed by atoms with Gasteiger partial charge in [0.15, 0.2) is 0 Å². The van der Waals surface area contributed by atoms with Crippen molar-refractivity contribution in [2.75, 3.05) is 13.1 Å². The van der Waals surface area contributed by atoms with Gasteiger partial charge in [-0.15, -0.1) is 0 Å². The van der Waals surface area contributed by atoms with E-state index in [1.807, 2.05) is 0 Å². The molecule has 0 radical (unpaired) electrons. The van der Waals surface area contributed by atoms with Crippen LogP contribution in [0.1, 0.15) is 6.42 Å². The molecule has 1 atom stereocenters. The highest BCUT2D eigenvalue weighted by Crippen LogP contribution is 1.97. The molecule has 0 aromatic rings. The fourth-order valence-electron chi connectivity index (χ4n) is 0.713. The molecule has 0 aromatic heterocycles. The molecule has 1 rings (SSSR count). The highest BCUT2D eigenvalue weighted by atomic mass is 16.1. The Morgan fingerprint density at radius 3 is 3.00 bits per heavy atom. The van der Waals surface area contributed by atoms with Gasteiger partial charge in [-0.25, -0.2) is 0 Å². The quantitative estimate of drug-likeness (QED) is 0.466. The van der Waals surface area contributed by atoms with Gasteiger partial charge in [0.05, 0.1) is 0 Å². The van der Waals surface area contributed by atoms with Crippen LogP contribution in [0.5, 0.6) is 0 Å². The summed E-state index contributed by atoms with van der Waals surface area (Å²) < 4.78 is 0. The van der Waals surface area contributed by atoms with Crippen molar-refractivity contribution in [1.82, 2.24) is 10.6 Å². The highest BCUT2D eigenvalue weighted by Gasteiger charge is 2.14. The van der Waals surface area contributed by atoms with Crippen LogP contribution in [0.25, 0.3) is 0 Å². The van der Waals surface area contributed by atoms with E-state index in [2.05, 4.69) is 10.6 Å². The minimum Gasteiger partial charge on any atom is -0.357 e. The smallest absolute Gasteiger partial charge is 0.207 e. The molecular formula is C5H10N2O. The summed E-state index contributed by atoms with van der Waals surface area (Å²) in [5, 5.41) is 5.77. The SMILES string of the molecule is O=CNCC1CCN1. The first-order chi connectivity index (χ1) is 3.93. The van der Waals surface area contributed by atoms with E-state index in [9.17, 15) is 4.79 Å². The van der Waals surface area contributed by atoms with Crippen molar-refractivity contribution < 1.29 is 4.79 Å². The van der Waals surface area contributed by atoms with Gasteiger partial charge in [-0.3, -0.25) is 4.79 Å². The molecule has 3 nitrogen and oxygen atoms in total.